The third-order valence-electron chi connectivity index (χ3n) is 2.46. The van der Waals surface area contributed by atoms with Crippen LogP contribution in [0.5, 0.6) is 0 Å². The minimum absolute atomic E-state index is 0.579. The maximum atomic E-state index is 5.91. The maximum absolute atomic E-state index is 5.91. The van der Waals surface area contributed by atoms with Gasteiger partial charge in [-0.15, -0.1) is 0 Å². The van der Waals surface area contributed by atoms with E-state index in [2.05, 4.69) is 10.4 Å². The van der Waals surface area contributed by atoms with Crippen molar-refractivity contribution in [3.05, 3.63) is 16.9 Å². The van der Waals surface area contributed by atoms with Crippen molar-refractivity contribution in [2.75, 3.05) is 6.54 Å². The van der Waals surface area contributed by atoms with Crippen LogP contribution < -0.4 is 5.32 Å². The topological polar surface area (TPSA) is 29.9 Å². The smallest absolute Gasteiger partial charge is 0.0814 e. The molecule has 3 nitrogen and oxygen atoms in total. The van der Waals surface area contributed by atoms with Gasteiger partial charge in [0.25, 0.3) is 0 Å². The standard InChI is InChI=1S/C9H14ClN3/c1-7-9(10)6-13(12-7)5-8-3-2-4-11-8/h6,8,11H,2-5H2,1H3/t8-/m0/s1. The molecule has 1 saturated heterocycles. The van der Waals surface area contributed by atoms with E-state index < -0.39 is 0 Å². The number of halogens is 1. The van der Waals surface area contributed by atoms with Gasteiger partial charge in [-0.2, -0.15) is 5.10 Å². The molecule has 0 unspecified atom stereocenters. The van der Waals surface area contributed by atoms with Crippen LogP contribution in [-0.4, -0.2) is 22.4 Å². The van der Waals surface area contributed by atoms with Crippen LogP contribution in [0.1, 0.15) is 18.5 Å². The van der Waals surface area contributed by atoms with Gasteiger partial charge in [0.05, 0.1) is 17.3 Å². The number of rotatable bonds is 2. The Morgan fingerprint density at radius 1 is 1.77 bits per heavy atom. The lowest BCUT2D eigenvalue weighted by molar-refractivity contribution is 0.474. The second kappa shape index (κ2) is 3.68. The molecule has 1 N–H and O–H groups in total. The largest absolute Gasteiger partial charge is 0.312 e. The quantitative estimate of drug-likeness (QED) is 0.784. The molecule has 2 rings (SSSR count). The summed E-state index contributed by atoms with van der Waals surface area (Å²) in [5.74, 6) is 0. The molecular formula is C9H14ClN3. The minimum Gasteiger partial charge on any atom is -0.312 e. The summed E-state index contributed by atoms with van der Waals surface area (Å²) in [5.41, 5.74) is 0.916. The molecule has 1 atom stereocenters. The lowest BCUT2D eigenvalue weighted by Gasteiger charge is -2.09. The molecule has 0 bridgehead atoms. The zero-order valence-corrected chi connectivity index (χ0v) is 8.51. The zero-order valence-electron chi connectivity index (χ0n) is 7.76. The SMILES string of the molecule is Cc1nn(C[C@@H]2CCCN2)cc1Cl. The highest BCUT2D eigenvalue weighted by Crippen LogP contribution is 2.14. The van der Waals surface area contributed by atoms with Crippen LogP contribution in [0.15, 0.2) is 6.20 Å². The van der Waals surface area contributed by atoms with Gasteiger partial charge in [-0.25, -0.2) is 0 Å². The summed E-state index contributed by atoms with van der Waals surface area (Å²) >= 11 is 5.91. The number of hydrogen-bond acceptors (Lipinski definition) is 2. The monoisotopic (exact) mass is 199 g/mol. The Morgan fingerprint density at radius 3 is 3.15 bits per heavy atom. The molecule has 0 aliphatic carbocycles. The second-order valence-electron chi connectivity index (χ2n) is 3.58. The Labute approximate surface area is 83.1 Å². The first-order valence-electron chi connectivity index (χ1n) is 4.68. The molecule has 1 aromatic heterocycles. The van der Waals surface area contributed by atoms with Crippen molar-refractivity contribution < 1.29 is 0 Å². The molecule has 1 aromatic rings. The zero-order chi connectivity index (χ0) is 9.26. The minimum atomic E-state index is 0.579. The van der Waals surface area contributed by atoms with Crippen LogP contribution in [0, 0.1) is 6.92 Å². The number of nitrogens with one attached hydrogen (secondary N) is 1. The van der Waals surface area contributed by atoms with Crippen LogP contribution in [0.25, 0.3) is 0 Å². The molecule has 0 saturated carbocycles. The predicted octanol–water partition coefficient (Wildman–Crippen LogP) is 1.60. The fourth-order valence-corrected chi connectivity index (χ4v) is 1.88. The Kier molecular flexibility index (Phi) is 2.56. The molecule has 1 fully saturated rings. The summed E-state index contributed by atoms with van der Waals surface area (Å²) in [4.78, 5) is 0. The summed E-state index contributed by atoms with van der Waals surface area (Å²) < 4.78 is 1.93. The fourth-order valence-electron chi connectivity index (χ4n) is 1.73. The summed E-state index contributed by atoms with van der Waals surface area (Å²) in [7, 11) is 0. The molecular weight excluding hydrogens is 186 g/mol. The predicted molar refractivity (Wildman–Crippen MR) is 53.0 cm³/mol. The average Bonchev–Trinajstić information content (AvgIpc) is 2.64. The van der Waals surface area contributed by atoms with E-state index in [1.54, 1.807) is 0 Å². The number of aryl methyl sites for hydroxylation is 1. The van der Waals surface area contributed by atoms with Crippen LogP contribution >= 0.6 is 11.6 Å². The van der Waals surface area contributed by atoms with Crippen LogP contribution in [0.3, 0.4) is 0 Å². The van der Waals surface area contributed by atoms with Crippen molar-refractivity contribution in [3.8, 4) is 0 Å². The molecule has 13 heavy (non-hydrogen) atoms. The summed E-state index contributed by atoms with van der Waals surface area (Å²) in [5, 5.41) is 8.51. The number of nitrogens with zero attached hydrogens (tertiary/aromatic N) is 2. The van der Waals surface area contributed by atoms with E-state index in [4.69, 9.17) is 11.6 Å². The van der Waals surface area contributed by atoms with Gasteiger partial charge in [0.1, 0.15) is 0 Å². The highest BCUT2D eigenvalue weighted by Gasteiger charge is 2.15. The Bertz CT molecular complexity index is 270. The van der Waals surface area contributed by atoms with Gasteiger partial charge in [-0.05, 0) is 26.3 Å². The Morgan fingerprint density at radius 2 is 2.62 bits per heavy atom. The maximum Gasteiger partial charge on any atom is 0.0814 e. The van der Waals surface area contributed by atoms with Crippen molar-refractivity contribution in [2.45, 2.75) is 32.4 Å². The van der Waals surface area contributed by atoms with Crippen LogP contribution in [0.4, 0.5) is 0 Å². The van der Waals surface area contributed by atoms with E-state index in [-0.39, 0.29) is 0 Å². The first-order chi connectivity index (χ1) is 6.25. The summed E-state index contributed by atoms with van der Waals surface area (Å²) in [6, 6.07) is 0.579. The van der Waals surface area contributed by atoms with E-state index in [9.17, 15) is 0 Å². The second-order valence-corrected chi connectivity index (χ2v) is 3.98. The summed E-state index contributed by atoms with van der Waals surface area (Å²) in [6.07, 6.45) is 4.42. The highest BCUT2D eigenvalue weighted by molar-refractivity contribution is 6.31. The van der Waals surface area contributed by atoms with Gasteiger partial charge in [0, 0.05) is 12.2 Å². The lowest BCUT2D eigenvalue weighted by Crippen LogP contribution is -2.26. The van der Waals surface area contributed by atoms with Crippen molar-refractivity contribution in [1.82, 2.24) is 15.1 Å². The van der Waals surface area contributed by atoms with E-state index >= 15 is 0 Å². The van der Waals surface area contributed by atoms with Crippen molar-refractivity contribution in [3.63, 3.8) is 0 Å². The molecule has 1 aliphatic heterocycles. The first-order valence-corrected chi connectivity index (χ1v) is 5.06. The third-order valence-corrected chi connectivity index (χ3v) is 2.83. The van der Waals surface area contributed by atoms with E-state index in [1.807, 2.05) is 17.8 Å². The molecule has 72 valence electrons. The van der Waals surface area contributed by atoms with Gasteiger partial charge in [0.15, 0.2) is 0 Å². The molecule has 0 aromatic carbocycles. The van der Waals surface area contributed by atoms with E-state index in [0.29, 0.717) is 6.04 Å². The third kappa shape index (κ3) is 2.03. The molecule has 4 heteroatoms. The van der Waals surface area contributed by atoms with E-state index in [1.165, 1.54) is 12.8 Å². The van der Waals surface area contributed by atoms with Gasteiger partial charge >= 0.3 is 0 Å². The molecule has 0 amide bonds. The van der Waals surface area contributed by atoms with Crippen molar-refractivity contribution in [1.29, 1.82) is 0 Å². The molecule has 2 heterocycles. The fraction of sp³-hybridized carbons (Fsp3) is 0.667. The van der Waals surface area contributed by atoms with Crippen LogP contribution in [-0.2, 0) is 6.54 Å². The number of aromatic nitrogens is 2. The molecule has 1 aliphatic rings. The number of hydrogen-bond donors (Lipinski definition) is 1. The van der Waals surface area contributed by atoms with E-state index in [0.717, 1.165) is 23.8 Å². The Hall–Kier alpha value is -0.540. The van der Waals surface area contributed by atoms with Crippen LogP contribution in [0.2, 0.25) is 5.02 Å². The van der Waals surface area contributed by atoms with Gasteiger partial charge in [-0.3, -0.25) is 4.68 Å². The van der Waals surface area contributed by atoms with Gasteiger partial charge < -0.3 is 5.32 Å². The van der Waals surface area contributed by atoms with Crippen molar-refractivity contribution >= 4 is 11.6 Å². The van der Waals surface area contributed by atoms with Gasteiger partial charge in [0.2, 0.25) is 0 Å². The van der Waals surface area contributed by atoms with Crippen molar-refractivity contribution in [2.24, 2.45) is 0 Å². The average molecular weight is 200 g/mol. The normalized spacial score (nSPS) is 22.5. The highest BCUT2D eigenvalue weighted by atomic mass is 35.5. The first kappa shape index (κ1) is 9.03. The van der Waals surface area contributed by atoms with Gasteiger partial charge in [-0.1, -0.05) is 11.6 Å². The Balaban J connectivity index is 2.00. The summed E-state index contributed by atoms with van der Waals surface area (Å²) in [6.45, 7) is 4.01. The lowest BCUT2D eigenvalue weighted by atomic mass is 10.2. The molecule has 0 radical (unpaired) electrons. The molecule has 0 spiro atoms.